The van der Waals surface area contributed by atoms with Crippen LogP contribution in [-0.2, 0) is 27.2 Å². The maximum absolute atomic E-state index is 12.6. The van der Waals surface area contributed by atoms with E-state index < -0.39 is 11.2 Å². The van der Waals surface area contributed by atoms with E-state index in [-0.39, 0.29) is 23.7 Å². The third kappa shape index (κ3) is 4.04. The van der Waals surface area contributed by atoms with E-state index in [1.54, 1.807) is 12.1 Å². The average molecular weight is 383 g/mol. The van der Waals surface area contributed by atoms with Crippen LogP contribution in [0.5, 0.6) is 0 Å². The Morgan fingerprint density at radius 3 is 2.43 bits per heavy atom. The zero-order chi connectivity index (χ0) is 19.5. The van der Waals surface area contributed by atoms with Crippen LogP contribution in [0.4, 0.5) is 5.69 Å². The number of benzene rings is 2. The summed E-state index contributed by atoms with van der Waals surface area (Å²) in [4.78, 5) is 22.9. The van der Waals surface area contributed by atoms with Crippen molar-refractivity contribution >= 4 is 11.6 Å². The molecule has 0 spiro atoms. The lowest BCUT2D eigenvalue weighted by molar-refractivity contribution is -0.384. The summed E-state index contributed by atoms with van der Waals surface area (Å²) in [5.41, 5.74) is 3.14. The van der Waals surface area contributed by atoms with Crippen molar-refractivity contribution in [2.24, 2.45) is 0 Å². The Labute approximate surface area is 162 Å². The van der Waals surface area contributed by atoms with Crippen molar-refractivity contribution in [1.82, 2.24) is 10.6 Å². The summed E-state index contributed by atoms with van der Waals surface area (Å²) in [5, 5.41) is 17.0. The molecular weight excluding hydrogens is 362 g/mol. The number of carbonyl (C=O) groups is 1. The summed E-state index contributed by atoms with van der Waals surface area (Å²) in [6.45, 7) is 1.31. The van der Waals surface area contributed by atoms with Crippen molar-refractivity contribution in [1.29, 1.82) is 0 Å². The maximum atomic E-state index is 12.6. The number of amides is 1. The summed E-state index contributed by atoms with van der Waals surface area (Å²) >= 11 is 0. The Morgan fingerprint density at radius 2 is 1.75 bits per heavy atom. The van der Waals surface area contributed by atoms with Gasteiger partial charge in [-0.15, -0.1) is 0 Å². The molecule has 0 unspecified atom stereocenters. The van der Waals surface area contributed by atoms with Crippen LogP contribution in [0.2, 0.25) is 0 Å². The lowest BCUT2D eigenvalue weighted by Gasteiger charge is -2.32. The molecule has 2 aliphatic rings. The van der Waals surface area contributed by atoms with E-state index in [1.165, 1.54) is 23.3 Å². The minimum Gasteiger partial charge on any atom is -0.347 e. The highest BCUT2D eigenvalue weighted by atomic mass is 16.7. The first kappa shape index (κ1) is 18.5. The molecule has 28 heavy (non-hydrogen) atoms. The van der Waals surface area contributed by atoms with Crippen LogP contribution in [0.15, 0.2) is 48.5 Å². The van der Waals surface area contributed by atoms with Crippen LogP contribution in [0.3, 0.4) is 0 Å². The highest BCUT2D eigenvalue weighted by Gasteiger charge is 2.29. The van der Waals surface area contributed by atoms with Gasteiger partial charge >= 0.3 is 0 Å². The molecule has 0 bridgehead atoms. The lowest BCUT2D eigenvalue weighted by atomic mass is 9.95. The van der Waals surface area contributed by atoms with E-state index in [2.05, 4.69) is 22.8 Å². The first-order valence-corrected chi connectivity index (χ1v) is 9.18. The number of ether oxygens (including phenoxy) is 2. The molecule has 146 valence electrons. The number of hydrogen-bond acceptors (Lipinski definition) is 6. The predicted octanol–water partition coefficient (Wildman–Crippen LogP) is 1.84. The summed E-state index contributed by atoms with van der Waals surface area (Å²) in [5.74, 6) is -0.0690. The average Bonchev–Trinajstić information content (AvgIpc) is 2.74. The van der Waals surface area contributed by atoms with Crippen molar-refractivity contribution in [2.45, 2.75) is 31.3 Å². The van der Waals surface area contributed by atoms with Gasteiger partial charge in [-0.3, -0.25) is 14.9 Å². The van der Waals surface area contributed by atoms with Crippen LogP contribution < -0.4 is 10.6 Å². The Balaban J connectivity index is 1.28. The van der Waals surface area contributed by atoms with Gasteiger partial charge in [-0.1, -0.05) is 24.3 Å². The van der Waals surface area contributed by atoms with Crippen molar-refractivity contribution in [3.63, 3.8) is 0 Å². The molecule has 1 fully saturated rings. The fourth-order valence-corrected chi connectivity index (χ4v) is 3.47. The van der Waals surface area contributed by atoms with Gasteiger partial charge in [-0.05, 0) is 29.7 Å². The third-order valence-corrected chi connectivity index (χ3v) is 5.02. The highest BCUT2D eigenvalue weighted by molar-refractivity contribution is 5.82. The van der Waals surface area contributed by atoms with Gasteiger partial charge in [-0.25, -0.2) is 0 Å². The molecule has 2 aliphatic heterocycles. The van der Waals surface area contributed by atoms with E-state index in [0.717, 1.165) is 0 Å². The number of hydrogen-bond donors (Lipinski definition) is 2. The van der Waals surface area contributed by atoms with Crippen molar-refractivity contribution in [3.8, 4) is 0 Å². The summed E-state index contributed by atoms with van der Waals surface area (Å²) in [7, 11) is 0. The molecular formula is C20H21N3O5. The molecule has 1 saturated heterocycles. The van der Waals surface area contributed by atoms with Crippen LogP contribution in [0.1, 0.15) is 23.0 Å². The highest BCUT2D eigenvalue weighted by Crippen LogP contribution is 2.25. The molecule has 2 N–H and O–H groups in total. The summed E-state index contributed by atoms with van der Waals surface area (Å²) in [6.07, 6.45) is 0.0654. The Kier molecular flexibility index (Phi) is 5.34. The standard InChI is InChI=1S/C20H21N3O5/c24-19(18-9-14-3-1-2-4-15(14)10-21-18)22-16-11-27-20(28-12-16)13-5-7-17(8-6-13)23(25)26/h1-8,16,18,20-21H,9-12H2,(H,22,24)/t16?,18-,20?/m0/s1. The SMILES string of the molecule is O=C(NC1COC(c2ccc([N+](=O)[O-])cc2)OC1)[C@@H]1Cc2ccccc2CN1. The molecule has 4 rings (SSSR count). The van der Waals surface area contributed by atoms with Crippen molar-refractivity contribution in [3.05, 3.63) is 75.3 Å². The van der Waals surface area contributed by atoms with Gasteiger partial charge in [0.1, 0.15) is 0 Å². The predicted molar refractivity (Wildman–Crippen MR) is 100 cm³/mol. The maximum Gasteiger partial charge on any atom is 0.269 e. The monoisotopic (exact) mass is 383 g/mol. The molecule has 0 radical (unpaired) electrons. The number of fused-ring (bicyclic) bond motifs is 1. The zero-order valence-corrected chi connectivity index (χ0v) is 15.2. The van der Waals surface area contributed by atoms with Gasteiger partial charge in [0.25, 0.3) is 5.69 Å². The first-order valence-electron chi connectivity index (χ1n) is 9.18. The number of rotatable bonds is 4. The van der Waals surface area contributed by atoms with Crippen LogP contribution in [0.25, 0.3) is 0 Å². The second-order valence-electron chi connectivity index (χ2n) is 6.96. The summed E-state index contributed by atoms with van der Waals surface area (Å²) in [6, 6.07) is 13.7. The topological polar surface area (TPSA) is 103 Å². The fraction of sp³-hybridized carbons (Fsp3) is 0.350. The quantitative estimate of drug-likeness (QED) is 0.617. The van der Waals surface area contributed by atoms with Crippen molar-refractivity contribution < 1.29 is 19.2 Å². The molecule has 1 atom stereocenters. The van der Waals surface area contributed by atoms with Crippen LogP contribution in [0, 0.1) is 10.1 Å². The van der Waals surface area contributed by atoms with Gasteiger partial charge < -0.3 is 20.1 Å². The van der Waals surface area contributed by atoms with Crippen molar-refractivity contribution in [2.75, 3.05) is 13.2 Å². The van der Waals surface area contributed by atoms with Crippen LogP contribution >= 0.6 is 0 Å². The Bertz CT molecular complexity index is 862. The van der Waals surface area contributed by atoms with E-state index in [9.17, 15) is 14.9 Å². The molecule has 8 heteroatoms. The molecule has 2 heterocycles. The smallest absolute Gasteiger partial charge is 0.269 e. The first-order chi connectivity index (χ1) is 13.6. The minimum absolute atomic E-state index is 0.0197. The van der Waals surface area contributed by atoms with Gasteiger partial charge in [-0.2, -0.15) is 0 Å². The Hall–Kier alpha value is -2.81. The summed E-state index contributed by atoms with van der Waals surface area (Å²) < 4.78 is 11.4. The van der Waals surface area contributed by atoms with Gasteiger partial charge in [0.05, 0.1) is 30.2 Å². The third-order valence-electron chi connectivity index (χ3n) is 5.02. The molecule has 0 aliphatic carbocycles. The van der Waals surface area contributed by atoms with E-state index in [1.807, 2.05) is 12.1 Å². The van der Waals surface area contributed by atoms with E-state index in [0.29, 0.717) is 31.7 Å². The molecule has 2 aromatic rings. The Morgan fingerprint density at radius 1 is 1.07 bits per heavy atom. The molecule has 1 amide bonds. The molecule has 0 saturated carbocycles. The van der Waals surface area contributed by atoms with Gasteiger partial charge in [0.15, 0.2) is 6.29 Å². The lowest BCUT2D eigenvalue weighted by Crippen LogP contribution is -2.53. The fourth-order valence-electron chi connectivity index (χ4n) is 3.47. The number of nitro groups is 1. The van der Waals surface area contributed by atoms with E-state index in [4.69, 9.17) is 9.47 Å². The van der Waals surface area contributed by atoms with E-state index >= 15 is 0 Å². The normalized spacial score (nSPS) is 24.2. The number of carbonyl (C=O) groups excluding carboxylic acids is 1. The number of nitrogens with zero attached hydrogens (tertiary/aromatic N) is 1. The minimum atomic E-state index is -0.589. The number of nitro benzene ring substituents is 1. The number of non-ortho nitro benzene ring substituents is 1. The molecule has 8 nitrogen and oxygen atoms in total. The number of nitrogens with one attached hydrogen (secondary N) is 2. The largest absolute Gasteiger partial charge is 0.347 e. The van der Waals surface area contributed by atoms with Gasteiger partial charge in [0, 0.05) is 24.2 Å². The molecule has 2 aromatic carbocycles. The zero-order valence-electron chi connectivity index (χ0n) is 15.2. The second kappa shape index (κ2) is 8.05. The second-order valence-corrected chi connectivity index (χ2v) is 6.96. The molecule has 0 aromatic heterocycles. The van der Waals surface area contributed by atoms with Gasteiger partial charge in [0.2, 0.25) is 5.91 Å². The van der Waals surface area contributed by atoms with Crippen LogP contribution in [-0.4, -0.2) is 36.1 Å².